The Bertz CT molecular complexity index is 706. The summed E-state index contributed by atoms with van der Waals surface area (Å²) in [4.78, 5) is 0. The molecule has 6 heteroatoms. The summed E-state index contributed by atoms with van der Waals surface area (Å²) in [5.74, 6) is 0.976. The molecule has 0 aliphatic carbocycles. The van der Waals surface area contributed by atoms with Crippen LogP contribution in [-0.4, -0.2) is 21.1 Å². The van der Waals surface area contributed by atoms with Crippen LogP contribution in [0.3, 0.4) is 0 Å². The largest absolute Gasteiger partial charge is 0.310 e. The SMILES string of the molecule is CC(NCCc1nnc2ccccn12)c1csc(Cl)c1. The summed E-state index contributed by atoms with van der Waals surface area (Å²) in [6.07, 6.45) is 2.83. The van der Waals surface area contributed by atoms with Crippen LogP contribution in [0, 0.1) is 0 Å². The Morgan fingerprint density at radius 2 is 2.30 bits per heavy atom. The van der Waals surface area contributed by atoms with E-state index in [-0.39, 0.29) is 6.04 Å². The molecule has 0 fully saturated rings. The van der Waals surface area contributed by atoms with Gasteiger partial charge in [-0.1, -0.05) is 17.7 Å². The molecule has 0 radical (unpaired) electrons. The van der Waals surface area contributed by atoms with E-state index in [0.717, 1.165) is 28.8 Å². The van der Waals surface area contributed by atoms with Crippen molar-refractivity contribution in [1.29, 1.82) is 0 Å². The van der Waals surface area contributed by atoms with Gasteiger partial charge in [0.2, 0.25) is 0 Å². The normalized spacial score (nSPS) is 12.9. The van der Waals surface area contributed by atoms with Crippen molar-refractivity contribution in [3.8, 4) is 0 Å². The molecule has 20 heavy (non-hydrogen) atoms. The highest BCUT2D eigenvalue weighted by Gasteiger charge is 2.08. The van der Waals surface area contributed by atoms with Gasteiger partial charge in [-0.25, -0.2) is 0 Å². The van der Waals surface area contributed by atoms with E-state index in [0.29, 0.717) is 0 Å². The Kier molecular flexibility index (Phi) is 4.00. The monoisotopic (exact) mass is 306 g/mol. The third kappa shape index (κ3) is 2.85. The summed E-state index contributed by atoms with van der Waals surface area (Å²) in [6.45, 7) is 2.99. The Morgan fingerprint density at radius 3 is 3.10 bits per heavy atom. The second kappa shape index (κ2) is 5.91. The summed E-state index contributed by atoms with van der Waals surface area (Å²) in [7, 11) is 0. The number of aromatic nitrogens is 3. The van der Waals surface area contributed by atoms with Gasteiger partial charge in [-0.3, -0.25) is 4.40 Å². The smallest absolute Gasteiger partial charge is 0.160 e. The number of halogens is 1. The number of nitrogens with one attached hydrogen (secondary N) is 1. The highest BCUT2D eigenvalue weighted by Crippen LogP contribution is 2.24. The Hall–Kier alpha value is -1.43. The van der Waals surface area contributed by atoms with Gasteiger partial charge in [0, 0.05) is 25.2 Å². The van der Waals surface area contributed by atoms with Crippen LogP contribution in [0.5, 0.6) is 0 Å². The summed E-state index contributed by atoms with van der Waals surface area (Å²) >= 11 is 7.52. The summed E-state index contributed by atoms with van der Waals surface area (Å²) in [5, 5.41) is 13.9. The Balaban J connectivity index is 1.60. The first kappa shape index (κ1) is 13.5. The molecule has 3 heterocycles. The number of thiophene rings is 1. The predicted molar refractivity (Wildman–Crippen MR) is 82.4 cm³/mol. The molecule has 3 rings (SSSR count). The topological polar surface area (TPSA) is 42.2 Å². The zero-order chi connectivity index (χ0) is 13.9. The van der Waals surface area contributed by atoms with Gasteiger partial charge < -0.3 is 5.32 Å². The van der Waals surface area contributed by atoms with Gasteiger partial charge >= 0.3 is 0 Å². The molecule has 3 aromatic heterocycles. The Morgan fingerprint density at radius 1 is 1.40 bits per heavy atom. The van der Waals surface area contributed by atoms with Crippen molar-refractivity contribution in [2.45, 2.75) is 19.4 Å². The zero-order valence-electron chi connectivity index (χ0n) is 11.1. The van der Waals surface area contributed by atoms with Gasteiger partial charge in [0.15, 0.2) is 5.65 Å². The molecule has 1 unspecified atom stereocenters. The number of rotatable bonds is 5. The van der Waals surface area contributed by atoms with Gasteiger partial charge in [-0.2, -0.15) is 0 Å². The minimum atomic E-state index is 0.290. The average molecular weight is 307 g/mol. The molecular weight excluding hydrogens is 292 g/mol. The zero-order valence-corrected chi connectivity index (χ0v) is 12.7. The first-order valence-corrected chi connectivity index (χ1v) is 7.76. The van der Waals surface area contributed by atoms with Crippen molar-refractivity contribution in [2.75, 3.05) is 6.54 Å². The quantitative estimate of drug-likeness (QED) is 0.786. The van der Waals surface area contributed by atoms with E-state index in [1.165, 1.54) is 5.56 Å². The second-order valence-corrected chi connectivity index (χ2v) is 6.20. The summed E-state index contributed by atoms with van der Waals surface area (Å²) in [6, 6.07) is 8.21. The number of nitrogens with zero attached hydrogens (tertiary/aromatic N) is 3. The van der Waals surface area contributed by atoms with E-state index < -0.39 is 0 Å². The van der Waals surface area contributed by atoms with Gasteiger partial charge in [-0.05, 0) is 36.1 Å². The molecule has 0 spiro atoms. The molecule has 104 valence electrons. The van der Waals surface area contributed by atoms with E-state index in [1.54, 1.807) is 11.3 Å². The van der Waals surface area contributed by atoms with E-state index in [1.807, 2.05) is 34.9 Å². The molecule has 0 aromatic carbocycles. The predicted octanol–water partition coefficient (Wildman–Crippen LogP) is 3.34. The number of hydrogen-bond acceptors (Lipinski definition) is 4. The summed E-state index contributed by atoms with van der Waals surface area (Å²) in [5.41, 5.74) is 2.12. The van der Waals surface area contributed by atoms with Crippen molar-refractivity contribution in [2.24, 2.45) is 0 Å². The van der Waals surface area contributed by atoms with Gasteiger partial charge in [0.1, 0.15) is 5.82 Å². The van der Waals surface area contributed by atoms with Crippen LogP contribution in [0.1, 0.15) is 24.4 Å². The molecule has 1 N–H and O–H groups in total. The maximum Gasteiger partial charge on any atom is 0.160 e. The first-order valence-electron chi connectivity index (χ1n) is 6.50. The average Bonchev–Trinajstić information content (AvgIpc) is 3.06. The van der Waals surface area contributed by atoms with Crippen LogP contribution in [0.4, 0.5) is 0 Å². The molecule has 1 atom stereocenters. The maximum atomic E-state index is 5.95. The van der Waals surface area contributed by atoms with Crippen LogP contribution in [-0.2, 0) is 6.42 Å². The fraction of sp³-hybridized carbons (Fsp3) is 0.286. The lowest BCUT2D eigenvalue weighted by atomic mass is 10.2. The second-order valence-electron chi connectivity index (χ2n) is 4.66. The van der Waals surface area contributed by atoms with Crippen molar-refractivity contribution < 1.29 is 0 Å². The molecule has 0 bridgehead atoms. The van der Waals surface area contributed by atoms with E-state index in [2.05, 4.69) is 27.8 Å². The minimum absolute atomic E-state index is 0.290. The Labute approximate surface area is 126 Å². The standard InChI is InChI=1S/C14H15ClN4S/c1-10(11-8-12(15)20-9-11)16-6-5-14-18-17-13-4-2-3-7-19(13)14/h2-4,7-10,16H,5-6H2,1H3. The molecule has 4 nitrogen and oxygen atoms in total. The minimum Gasteiger partial charge on any atom is -0.310 e. The van der Waals surface area contributed by atoms with Crippen LogP contribution < -0.4 is 5.32 Å². The van der Waals surface area contributed by atoms with Gasteiger partial charge in [-0.15, -0.1) is 21.5 Å². The third-order valence-corrected chi connectivity index (χ3v) is 4.38. The summed E-state index contributed by atoms with van der Waals surface area (Å²) < 4.78 is 2.85. The van der Waals surface area contributed by atoms with E-state index in [4.69, 9.17) is 11.6 Å². The van der Waals surface area contributed by atoms with Gasteiger partial charge in [0.25, 0.3) is 0 Å². The number of fused-ring (bicyclic) bond motifs is 1. The molecular formula is C14H15ClN4S. The highest BCUT2D eigenvalue weighted by atomic mass is 35.5. The van der Waals surface area contributed by atoms with Crippen molar-refractivity contribution in [3.05, 3.63) is 51.6 Å². The molecule has 0 amide bonds. The van der Waals surface area contributed by atoms with E-state index in [9.17, 15) is 0 Å². The fourth-order valence-electron chi connectivity index (χ4n) is 2.13. The first-order chi connectivity index (χ1) is 9.74. The van der Waals surface area contributed by atoms with Crippen LogP contribution in [0.25, 0.3) is 5.65 Å². The van der Waals surface area contributed by atoms with Crippen LogP contribution in [0.15, 0.2) is 35.8 Å². The maximum absolute atomic E-state index is 5.95. The molecule has 0 aliphatic heterocycles. The van der Waals surface area contributed by atoms with Crippen molar-refractivity contribution in [3.63, 3.8) is 0 Å². The highest BCUT2D eigenvalue weighted by molar-refractivity contribution is 7.14. The van der Waals surface area contributed by atoms with Crippen LogP contribution in [0.2, 0.25) is 4.34 Å². The number of pyridine rings is 1. The molecule has 3 aromatic rings. The molecule has 0 saturated heterocycles. The molecule has 0 saturated carbocycles. The lowest BCUT2D eigenvalue weighted by Gasteiger charge is -2.11. The lowest BCUT2D eigenvalue weighted by molar-refractivity contribution is 0.570. The lowest BCUT2D eigenvalue weighted by Crippen LogP contribution is -2.21. The van der Waals surface area contributed by atoms with Crippen LogP contribution >= 0.6 is 22.9 Å². The third-order valence-electron chi connectivity index (χ3n) is 3.27. The fourth-order valence-corrected chi connectivity index (χ4v) is 3.11. The van der Waals surface area contributed by atoms with Gasteiger partial charge in [0.05, 0.1) is 4.34 Å². The van der Waals surface area contributed by atoms with Crippen molar-refractivity contribution in [1.82, 2.24) is 19.9 Å². The molecule has 0 aliphatic rings. The number of hydrogen-bond donors (Lipinski definition) is 1. The van der Waals surface area contributed by atoms with Crippen molar-refractivity contribution >= 4 is 28.6 Å². The van der Waals surface area contributed by atoms with E-state index >= 15 is 0 Å².